The molecule has 0 saturated carbocycles. The van der Waals surface area contributed by atoms with Crippen molar-refractivity contribution in [2.45, 2.75) is 26.8 Å². The summed E-state index contributed by atoms with van der Waals surface area (Å²) in [7, 11) is 0. The van der Waals surface area contributed by atoms with Crippen LogP contribution in [0.15, 0.2) is 18.2 Å². The first kappa shape index (κ1) is 17.4. The Balaban J connectivity index is 2.50. The van der Waals surface area contributed by atoms with Crippen LogP contribution in [0.1, 0.15) is 25.8 Å². The van der Waals surface area contributed by atoms with E-state index in [1.165, 1.54) is 6.07 Å². The average molecular weight is 314 g/mol. The van der Waals surface area contributed by atoms with Gasteiger partial charge in [0.15, 0.2) is 0 Å². The standard InChI is InChI=1S/C14H20ClN3O3/c1-3-17(4-2)14(19)7-8-16-10-11-5-6-12(15)9-13(11)18(20)21/h5-6,9,16H,3-4,7-8,10H2,1-2H3. The van der Waals surface area contributed by atoms with Crippen molar-refractivity contribution in [3.05, 3.63) is 38.9 Å². The number of hydrogen-bond donors (Lipinski definition) is 1. The number of carbonyl (C=O) groups excluding carboxylic acids is 1. The molecule has 0 aromatic heterocycles. The monoisotopic (exact) mass is 313 g/mol. The summed E-state index contributed by atoms with van der Waals surface area (Å²) in [6.45, 7) is 6.07. The molecule has 1 aromatic rings. The van der Waals surface area contributed by atoms with Gasteiger partial charge in [-0.15, -0.1) is 0 Å². The van der Waals surface area contributed by atoms with E-state index in [-0.39, 0.29) is 11.6 Å². The number of nitro groups is 1. The van der Waals surface area contributed by atoms with Gasteiger partial charge in [-0.05, 0) is 26.0 Å². The second kappa shape index (κ2) is 8.59. The number of carbonyl (C=O) groups is 1. The molecule has 0 unspecified atom stereocenters. The Hall–Kier alpha value is -1.66. The van der Waals surface area contributed by atoms with Crippen LogP contribution in [0.2, 0.25) is 5.02 Å². The summed E-state index contributed by atoms with van der Waals surface area (Å²) in [6.07, 6.45) is 0.378. The van der Waals surface area contributed by atoms with Crippen LogP contribution in [0.25, 0.3) is 0 Å². The zero-order chi connectivity index (χ0) is 15.8. The zero-order valence-corrected chi connectivity index (χ0v) is 13.0. The van der Waals surface area contributed by atoms with E-state index in [4.69, 9.17) is 11.6 Å². The highest BCUT2D eigenvalue weighted by Crippen LogP contribution is 2.22. The van der Waals surface area contributed by atoms with E-state index in [1.54, 1.807) is 17.0 Å². The average Bonchev–Trinajstić information content (AvgIpc) is 2.45. The number of halogens is 1. The van der Waals surface area contributed by atoms with Crippen molar-refractivity contribution in [3.63, 3.8) is 0 Å². The number of rotatable bonds is 8. The normalized spacial score (nSPS) is 10.4. The Bertz CT molecular complexity index is 504. The first-order valence-electron chi connectivity index (χ1n) is 6.90. The maximum absolute atomic E-state index is 11.8. The molecule has 1 aromatic carbocycles. The van der Waals surface area contributed by atoms with Gasteiger partial charge in [-0.1, -0.05) is 11.6 Å². The topological polar surface area (TPSA) is 75.5 Å². The molecule has 21 heavy (non-hydrogen) atoms. The van der Waals surface area contributed by atoms with Crippen LogP contribution in [0.5, 0.6) is 0 Å². The van der Waals surface area contributed by atoms with Gasteiger partial charge in [-0.3, -0.25) is 14.9 Å². The lowest BCUT2D eigenvalue weighted by molar-refractivity contribution is -0.385. The number of nitrogens with zero attached hydrogens (tertiary/aromatic N) is 2. The molecular weight excluding hydrogens is 294 g/mol. The van der Waals surface area contributed by atoms with Crippen LogP contribution >= 0.6 is 11.6 Å². The number of amides is 1. The van der Waals surface area contributed by atoms with Crippen molar-refractivity contribution in [2.75, 3.05) is 19.6 Å². The van der Waals surface area contributed by atoms with Crippen LogP contribution in [-0.2, 0) is 11.3 Å². The van der Waals surface area contributed by atoms with E-state index in [9.17, 15) is 14.9 Å². The predicted octanol–water partition coefficient (Wildman–Crippen LogP) is 2.60. The molecule has 0 aliphatic carbocycles. The fourth-order valence-corrected chi connectivity index (χ4v) is 2.18. The lowest BCUT2D eigenvalue weighted by atomic mass is 10.2. The number of nitro benzene ring substituents is 1. The van der Waals surface area contributed by atoms with Gasteiger partial charge in [0, 0.05) is 49.3 Å². The van der Waals surface area contributed by atoms with E-state index in [0.29, 0.717) is 43.2 Å². The predicted molar refractivity (Wildman–Crippen MR) is 82.4 cm³/mol. The first-order valence-corrected chi connectivity index (χ1v) is 7.28. The molecule has 1 N–H and O–H groups in total. The highest BCUT2D eigenvalue weighted by Gasteiger charge is 2.14. The summed E-state index contributed by atoms with van der Waals surface area (Å²) >= 11 is 5.76. The second-order valence-electron chi connectivity index (χ2n) is 4.52. The van der Waals surface area contributed by atoms with Crippen LogP contribution in [0.3, 0.4) is 0 Å². The molecule has 1 rings (SSSR count). The Morgan fingerprint density at radius 1 is 1.38 bits per heavy atom. The summed E-state index contributed by atoms with van der Waals surface area (Å²) < 4.78 is 0. The number of benzene rings is 1. The van der Waals surface area contributed by atoms with Gasteiger partial charge in [-0.25, -0.2) is 0 Å². The minimum absolute atomic E-state index is 0.00919. The quantitative estimate of drug-likeness (QED) is 0.455. The van der Waals surface area contributed by atoms with Crippen molar-refractivity contribution < 1.29 is 9.72 Å². The number of nitrogens with one attached hydrogen (secondary N) is 1. The minimum atomic E-state index is -0.454. The summed E-state index contributed by atoms with van der Waals surface area (Å²) in [5.74, 6) is 0.0816. The lowest BCUT2D eigenvalue weighted by Gasteiger charge is -2.18. The van der Waals surface area contributed by atoms with Crippen molar-refractivity contribution in [1.29, 1.82) is 0 Å². The van der Waals surface area contributed by atoms with E-state index in [0.717, 1.165) is 0 Å². The van der Waals surface area contributed by atoms with Crippen molar-refractivity contribution in [1.82, 2.24) is 10.2 Å². The van der Waals surface area contributed by atoms with E-state index in [2.05, 4.69) is 5.32 Å². The third-order valence-electron chi connectivity index (χ3n) is 3.19. The van der Waals surface area contributed by atoms with Crippen molar-refractivity contribution in [2.24, 2.45) is 0 Å². The van der Waals surface area contributed by atoms with E-state index >= 15 is 0 Å². The molecule has 0 aliphatic rings. The van der Waals surface area contributed by atoms with Gasteiger partial charge in [0.25, 0.3) is 5.69 Å². The molecule has 0 bridgehead atoms. The highest BCUT2D eigenvalue weighted by atomic mass is 35.5. The van der Waals surface area contributed by atoms with E-state index < -0.39 is 4.92 Å². The molecule has 0 aliphatic heterocycles. The Morgan fingerprint density at radius 3 is 2.62 bits per heavy atom. The molecule has 0 spiro atoms. The molecule has 0 fully saturated rings. The van der Waals surface area contributed by atoms with Crippen LogP contribution in [0.4, 0.5) is 5.69 Å². The molecular formula is C14H20ClN3O3. The van der Waals surface area contributed by atoms with Crippen molar-refractivity contribution >= 4 is 23.2 Å². The van der Waals surface area contributed by atoms with Crippen LogP contribution in [0, 0.1) is 10.1 Å². The molecule has 1 amide bonds. The smallest absolute Gasteiger partial charge is 0.275 e. The molecule has 0 atom stereocenters. The SMILES string of the molecule is CCN(CC)C(=O)CCNCc1ccc(Cl)cc1[N+](=O)[O-]. The van der Waals surface area contributed by atoms with Gasteiger partial charge < -0.3 is 10.2 Å². The van der Waals surface area contributed by atoms with Gasteiger partial charge in [-0.2, -0.15) is 0 Å². The van der Waals surface area contributed by atoms with Crippen LogP contribution in [-0.4, -0.2) is 35.4 Å². The minimum Gasteiger partial charge on any atom is -0.343 e. The third kappa shape index (κ3) is 5.32. The molecule has 7 heteroatoms. The summed E-state index contributed by atoms with van der Waals surface area (Å²) in [4.78, 5) is 24.0. The van der Waals surface area contributed by atoms with Crippen molar-refractivity contribution in [3.8, 4) is 0 Å². The molecule has 0 heterocycles. The van der Waals surface area contributed by atoms with Crippen LogP contribution < -0.4 is 5.32 Å². The third-order valence-corrected chi connectivity index (χ3v) is 3.43. The maximum Gasteiger partial charge on any atom is 0.275 e. The molecule has 6 nitrogen and oxygen atoms in total. The summed E-state index contributed by atoms with van der Waals surface area (Å²) in [6, 6.07) is 4.58. The van der Waals surface area contributed by atoms with E-state index in [1.807, 2.05) is 13.8 Å². The largest absolute Gasteiger partial charge is 0.343 e. The maximum atomic E-state index is 11.8. The first-order chi connectivity index (χ1) is 9.99. The Morgan fingerprint density at radius 2 is 2.05 bits per heavy atom. The Kier molecular flexibility index (Phi) is 7.11. The summed E-state index contributed by atoms with van der Waals surface area (Å²) in [5, 5.41) is 14.3. The highest BCUT2D eigenvalue weighted by molar-refractivity contribution is 6.30. The van der Waals surface area contributed by atoms with Gasteiger partial charge in [0.1, 0.15) is 0 Å². The van der Waals surface area contributed by atoms with Gasteiger partial charge in [0.2, 0.25) is 5.91 Å². The second-order valence-corrected chi connectivity index (χ2v) is 4.96. The number of hydrogen-bond acceptors (Lipinski definition) is 4. The fourth-order valence-electron chi connectivity index (χ4n) is 2.01. The molecule has 0 radical (unpaired) electrons. The fraction of sp³-hybridized carbons (Fsp3) is 0.500. The Labute approximate surface area is 129 Å². The summed E-state index contributed by atoms with van der Waals surface area (Å²) in [5.41, 5.74) is 0.546. The lowest BCUT2D eigenvalue weighted by Crippen LogP contribution is -2.32. The molecule has 0 saturated heterocycles. The molecule has 116 valence electrons. The van der Waals surface area contributed by atoms with Gasteiger partial charge in [0.05, 0.1) is 4.92 Å². The zero-order valence-electron chi connectivity index (χ0n) is 12.3. The van der Waals surface area contributed by atoms with Gasteiger partial charge >= 0.3 is 0 Å².